The number of ketones is 1. The van der Waals surface area contributed by atoms with Gasteiger partial charge in [0, 0.05) is 0 Å². The van der Waals surface area contributed by atoms with Crippen molar-refractivity contribution in [3.05, 3.63) is 53.6 Å². The number of methoxy groups -OCH3 is 2. The number of carbonyl (C=O) groups excluding carboxylic acids is 1. The maximum Gasteiger partial charge on any atom is 0.200 e. The van der Waals surface area contributed by atoms with Gasteiger partial charge >= 0.3 is 0 Å². The Morgan fingerprint density at radius 1 is 1.09 bits per heavy atom. The number of rotatable bonds is 6. The molecule has 0 unspecified atom stereocenters. The number of aliphatic hydroxyl groups is 1. The molecule has 23 heavy (non-hydrogen) atoms. The first-order valence-corrected chi connectivity index (χ1v) is 7.29. The molecule has 0 aliphatic rings. The number of alkyl halides is 1. The number of benzene rings is 2. The molecule has 0 saturated carbocycles. The second kappa shape index (κ2) is 7.35. The average Bonchev–Trinajstić information content (AvgIpc) is 2.59. The van der Waals surface area contributed by atoms with Gasteiger partial charge in [-0.1, -0.05) is 18.2 Å². The molecule has 0 amide bonds. The van der Waals surface area contributed by atoms with Gasteiger partial charge in [-0.05, 0) is 29.8 Å². The fourth-order valence-corrected chi connectivity index (χ4v) is 2.45. The van der Waals surface area contributed by atoms with Crippen LogP contribution in [0, 0.1) is 0 Å². The van der Waals surface area contributed by atoms with E-state index in [1.165, 1.54) is 26.4 Å². The molecule has 2 atom stereocenters. The maximum atomic E-state index is 12.5. The fourth-order valence-electron chi connectivity index (χ4n) is 2.19. The van der Waals surface area contributed by atoms with Crippen LogP contribution >= 0.6 is 11.6 Å². The standard InChI is InChI=1S/C17H17ClO5/c1-22-11-8-6-10(7-9-11)15(18)17(21)16(20)14-12(19)4-3-5-13(14)23-2/h3-9,15,17,19,21H,1-2H3/t15-,17+/m0/s1. The van der Waals surface area contributed by atoms with E-state index in [9.17, 15) is 15.0 Å². The fraction of sp³-hybridized carbons (Fsp3) is 0.235. The molecule has 2 aromatic rings. The van der Waals surface area contributed by atoms with Crippen molar-refractivity contribution >= 4 is 17.4 Å². The highest BCUT2D eigenvalue weighted by Crippen LogP contribution is 2.33. The van der Waals surface area contributed by atoms with Crippen molar-refractivity contribution < 1.29 is 24.5 Å². The molecule has 0 saturated heterocycles. The Morgan fingerprint density at radius 2 is 1.74 bits per heavy atom. The van der Waals surface area contributed by atoms with E-state index in [0.29, 0.717) is 11.3 Å². The molecule has 0 aliphatic heterocycles. The Bertz CT molecular complexity index is 684. The molecule has 0 aliphatic carbocycles. The molecule has 122 valence electrons. The SMILES string of the molecule is COc1ccc([C@H](Cl)[C@@H](O)C(=O)c2c(O)cccc2OC)cc1. The van der Waals surface area contributed by atoms with E-state index >= 15 is 0 Å². The Hall–Kier alpha value is -2.24. The van der Waals surface area contributed by atoms with Crippen LogP contribution in [0.5, 0.6) is 17.2 Å². The Balaban J connectivity index is 2.28. The number of halogens is 1. The van der Waals surface area contributed by atoms with Gasteiger partial charge in [-0.15, -0.1) is 11.6 Å². The van der Waals surface area contributed by atoms with E-state index in [0.717, 1.165) is 0 Å². The third kappa shape index (κ3) is 3.57. The number of phenolic OH excluding ortho intramolecular Hbond substituents is 1. The Kier molecular flexibility index (Phi) is 5.47. The third-order valence-electron chi connectivity index (χ3n) is 3.45. The predicted molar refractivity (Wildman–Crippen MR) is 86.6 cm³/mol. The van der Waals surface area contributed by atoms with Crippen molar-refractivity contribution in [1.29, 1.82) is 0 Å². The average molecular weight is 337 g/mol. The van der Waals surface area contributed by atoms with Gasteiger partial charge in [-0.2, -0.15) is 0 Å². The van der Waals surface area contributed by atoms with Gasteiger partial charge in [0.15, 0.2) is 0 Å². The molecule has 2 aromatic carbocycles. The van der Waals surface area contributed by atoms with Crippen LogP contribution in [0.4, 0.5) is 0 Å². The van der Waals surface area contributed by atoms with Crippen molar-refractivity contribution in [2.75, 3.05) is 14.2 Å². The van der Waals surface area contributed by atoms with Gasteiger partial charge in [0.25, 0.3) is 0 Å². The summed E-state index contributed by atoms with van der Waals surface area (Å²) in [7, 11) is 2.91. The molecule has 0 aromatic heterocycles. The first kappa shape index (κ1) is 17.1. The summed E-state index contributed by atoms with van der Waals surface area (Å²) in [5.41, 5.74) is 0.462. The number of Topliss-reactive ketones (excluding diaryl/α,β-unsaturated/α-hetero) is 1. The van der Waals surface area contributed by atoms with Crippen LogP contribution in [0.3, 0.4) is 0 Å². The van der Waals surface area contributed by atoms with Crippen LogP contribution in [-0.2, 0) is 0 Å². The number of phenols is 1. The quantitative estimate of drug-likeness (QED) is 0.626. The minimum atomic E-state index is -1.53. The molecule has 0 spiro atoms. The van der Waals surface area contributed by atoms with Crippen LogP contribution in [-0.4, -0.2) is 36.3 Å². The van der Waals surface area contributed by atoms with Crippen molar-refractivity contribution in [2.24, 2.45) is 0 Å². The van der Waals surface area contributed by atoms with Crippen LogP contribution in [0.2, 0.25) is 0 Å². The molecule has 6 heteroatoms. The van der Waals surface area contributed by atoms with Gasteiger partial charge in [0.1, 0.15) is 28.9 Å². The Morgan fingerprint density at radius 3 is 2.30 bits per heavy atom. The van der Waals surface area contributed by atoms with Crippen LogP contribution in [0.15, 0.2) is 42.5 Å². The summed E-state index contributed by atoms with van der Waals surface area (Å²) in [5.74, 6) is -0.170. The van der Waals surface area contributed by atoms with E-state index in [-0.39, 0.29) is 17.1 Å². The maximum absolute atomic E-state index is 12.5. The summed E-state index contributed by atoms with van der Waals surface area (Å²) in [5, 5.41) is 19.2. The van der Waals surface area contributed by atoms with Crippen LogP contribution in [0.25, 0.3) is 0 Å². The molecule has 0 bridgehead atoms. The van der Waals surface area contributed by atoms with Crippen molar-refractivity contribution in [3.8, 4) is 17.2 Å². The lowest BCUT2D eigenvalue weighted by Crippen LogP contribution is -2.26. The zero-order valence-corrected chi connectivity index (χ0v) is 13.4. The van der Waals surface area contributed by atoms with Gasteiger partial charge in [0.2, 0.25) is 5.78 Å². The number of hydrogen-bond donors (Lipinski definition) is 2. The topological polar surface area (TPSA) is 76.0 Å². The number of aromatic hydroxyl groups is 1. The van der Waals surface area contributed by atoms with Gasteiger partial charge in [0.05, 0.1) is 19.6 Å². The smallest absolute Gasteiger partial charge is 0.200 e. The second-order valence-corrected chi connectivity index (χ2v) is 5.31. The highest BCUT2D eigenvalue weighted by molar-refractivity contribution is 6.24. The van der Waals surface area contributed by atoms with Gasteiger partial charge in [-0.25, -0.2) is 0 Å². The largest absolute Gasteiger partial charge is 0.507 e. The lowest BCUT2D eigenvalue weighted by atomic mass is 9.98. The predicted octanol–water partition coefficient (Wildman–Crippen LogP) is 2.93. The van der Waals surface area contributed by atoms with Gasteiger partial charge in [-0.3, -0.25) is 4.79 Å². The van der Waals surface area contributed by atoms with E-state index in [2.05, 4.69) is 0 Å². The van der Waals surface area contributed by atoms with E-state index in [1.54, 1.807) is 30.3 Å². The van der Waals surface area contributed by atoms with Crippen molar-refractivity contribution in [2.45, 2.75) is 11.5 Å². The summed E-state index contributed by atoms with van der Waals surface area (Å²) >= 11 is 6.21. The summed E-state index contributed by atoms with van der Waals surface area (Å²) in [6.07, 6.45) is -1.53. The molecule has 5 nitrogen and oxygen atoms in total. The summed E-state index contributed by atoms with van der Waals surface area (Å²) < 4.78 is 10.1. The molecule has 0 heterocycles. The zero-order valence-electron chi connectivity index (χ0n) is 12.7. The lowest BCUT2D eigenvalue weighted by Gasteiger charge is -2.18. The first-order chi connectivity index (χ1) is 11.0. The monoisotopic (exact) mass is 336 g/mol. The minimum absolute atomic E-state index is 0.0957. The molecule has 0 fully saturated rings. The molecule has 0 radical (unpaired) electrons. The number of aliphatic hydroxyl groups excluding tert-OH is 1. The van der Waals surface area contributed by atoms with E-state index < -0.39 is 17.3 Å². The summed E-state index contributed by atoms with van der Waals surface area (Å²) in [6, 6.07) is 11.1. The molecular formula is C17H17ClO5. The second-order valence-electron chi connectivity index (χ2n) is 4.84. The van der Waals surface area contributed by atoms with E-state index in [4.69, 9.17) is 21.1 Å². The number of ether oxygens (including phenoxy) is 2. The normalized spacial score (nSPS) is 13.2. The lowest BCUT2D eigenvalue weighted by molar-refractivity contribution is 0.0732. The number of carbonyl (C=O) groups is 1. The van der Waals surface area contributed by atoms with E-state index in [1.807, 2.05) is 0 Å². The molecule has 2 rings (SSSR count). The zero-order chi connectivity index (χ0) is 17.0. The minimum Gasteiger partial charge on any atom is -0.507 e. The Labute approximate surface area is 139 Å². The molecular weight excluding hydrogens is 320 g/mol. The van der Waals surface area contributed by atoms with Crippen LogP contribution in [0.1, 0.15) is 21.3 Å². The molecule has 2 N–H and O–H groups in total. The van der Waals surface area contributed by atoms with Crippen molar-refractivity contribution in [3.63, 3.8) is 0 Å². The van der Waals surface area contributed by atoms with Crippen molar-refractivity contribution in [1.82, 2.24) is 0 Å². The summed E-state index contributed by atoms with van der Waals surface area (Å²) in [4.78, 5) is 12.5. The highest BCUT2D eigenvalue weighted by atomic mass is 35.5. The summed E-state index contributed by atoms with van der Waals surface area (Å²) in [6.45, 7) is 0. The van der Waals surface area contributed by atoms with Crippen LogP contribution < -0.4 is 9.47 Å². The van der Waals surface area contributed by atoms with Gasteiger partial charge < -0.3 is 19.7 Å². The third-order valence-corrected chi connectivity index (χ3v) is 3.94. The first-order valence-electron chi connectivity index (χ1n) is 6.85. The highest BCUT2D eigenvalue weighted by Gasteiger charge is 2.30. The number of hydrogen-bond acceptors (Lipinski definition) is 5.